The number of nitrogens with zero attached hydrogens (tertiary/aromatic N) is 1. The molecular formula is C13H17N3O2S. The molecule has 0 radical (unpaired) electrons. The Morgan fingerprint density at radius 3 is 2.84 bits per heavy atom. The molecule has 0 aliphatic rings. The number of ether oxygens (including phenoxy) is 2. The Morgan fingerprint density at radius 1 is 1.37 bits per heavy atom. The highest BCUT2D eigenvalue weighted by atomic mass is 32.2. The monoisotopic (exact) mass is 279 g/mol. The predicted molar refractivity (Wildman–Crippen MR) is 75.8 cm³/mol. The molecule has 0 amide bonds. The number of hydrogen-bond acceptors (Lipinski definition) is 5. The molecule has 5 nitrogen and oxygen atoms in total. The number of H-pyrrole nitrogens is 1. The summed E-state index contributed by atoms with van der Waals surface area (Å²) in [6.45, 7) is 0. The topological polar surface area (TPSA) is 73.2 Å². The summed E-state index contributed by atoms with van der Waals surface area (Å²) < 4.78 is 10.6. The lowest BCUT2D eigenvalue weighted by atomic mass is 10.1. The van der Waals surface area contributed by atoms with Gasteiger partial charge in [-0.1, -0.05) is 11.8 Å². The van der Waals surface area contributed by atoms with Crippen molar-refractivity contribution in [1.29, 1.82) is 0 Å². The zero-order chi connectivity index (χ0) is 13.7. The molecule has 102 valence electrons. The van der Waals surface area contributed by atoms with Gasteiger partial charge in [0.05, 0.1) is 14.2 Å². The van der Waals surface area contributed by atoms with Crippen LogP contribution >= 0.6 is 11.8 Å². The fourth-order valence-electron chi connectivity index (χ4n) is 1.72. The van der Waals surface area contributed by atoms with E-state index in [2.05, 4.69) is 9.97 Å². The number of thioether (sulfide) groups is 1. The summed E-state index contributed by atoms with van der Waals surface area (Å²) in [4.78, 5) is 7.19. The Hall–Kier alpha value is -1.66. The summed E-state index contributed by atoms with van der Waals surface area (Å²) >= 11 is 1.57. The second kappa shape index (κ2) is 6.49. The molecule has 1 aromatic carbocycles. The number of methoxy groups -OCH3 is 2. The number of hydrogen-bond donors (Lipinski definition) is 2. The quantitative estimate of drug-likeness (QED) is 0.793. The standard InChI is InChI=1S/C13H17N3O2S/c1-17-9-3-4-12(18-2)10(7-9)11(14)8-19-13-15-5-6-16-13/h3-7,11H,8,14H2,1-2H3,(H,15,16). The second-order valence-corrected chi connectivity index (χ2v) is 4.93. The highest BCUT2D eigenvalue weighted by Gasteiger charge is 2.14. The first-order valence-corrected chi connectivity index (χ1v) is 6.83. The predicted octanol–water partition coefficient (Wildman–Crippen LogP) is 2.22. The molecule has 0 spiro atoms. The van der Waals surface area contributed by atoms with Crippen molar-refractivity contribution in [2.75, 3.05) is 20.0 Å². The Balaban J connectivity index is 2.10. The molecule has 0 aliphatic carbocycles. The molecule has 6 heteroatoms. The van der Waals surface area contributed by atoms with Gasteiger partial charge in [-0.25, -0.2) is 4.98 Å². The fraction of sp³-hybridized carbons (Fsp3) is 0.308. The molecule has 3 N–H and O–H groups in total. The van der Waals surface area contributed by atoms with Gasteiger partial charge in [0.2, 0.25) is 0 Å². The smallest absolute Gasteiger partial charge is 0.165 e. The van der Waals surface area contributed by atoms with E-state index in [1.165, 1.54) is 0 Å². The van der Waals surface area contributed by atoms with Gasteiger partial charge in [0.1, 0.15) is 11.5 Å². The number of aromatic amines is 1. The van der Waals surface area contributed by atoms with E-state index in [4.69, 9.17) is 15.2 Å². The van der Waals surface area contributed by atoms with Crippen LogP contribution in [-0.2, 0) is 0 Å². The van der Waals surface area contributed by atoms with Crippen LogP contribution in [0.5, 0.6) is 11.5 Å². The van der Waals surface area contributed by atoms with E-state index < -0.39 is 0 Å². The minimum atomic E-state index is -0.153. The van der Waals surface area contributed by atoms with E-state index in [9.17, 15) is 0 Å². The number of nitrogens with one attached hydrogen (secondary N) is 1. The van der Waals surface area contributed by atoms with Crippen LogP contribution in [0.4, 0.5) is 0 Å². The molecule has 0 bridgehead atoms. The van der Waals surface area contributed by atoms with Gasteiger partial charge in [0, 0.05) is 29.8 Å². The van der Waals surface area contributed by atoms with Crippen LogP contribution in [0, 0.1) is 0 Å². The molecule has 1 heterocycles. The van der Waals surface area contributed by atoms with E-state index in [-0.39, 0.29) is 6.04 Å². The molecule has 19 heavy (non-hydrogen) atoms. The summed E-state index contributed by atoms with van der Waals surface area (Å²) in [5, 5.41) is 0.859. The van der Waals surface area contributed by atoms with Crippen LogP contribution in [-0.4, -0.2) is 29.9 Å². The van der Waals surface area contributed by atoms with Gasteiger partial charge < -0.3 is 20.2 Å². The Bertz CT molecular complexity index is 517. The summed E-state index contributed by atoms with van der Waals surface area (Å²) in [5.41, 5.74) is 7.14. The summed E-state index contributed by atoms with van der Waals surface area (Å²) in [5.74, 6) is 2.25. The van der Waals surface area contributed by atoms with Crippen LogP contribution in [0.25, 0.3) is 0 Å². The second-order valence-electron chi connectivity index (χ2n) is 3.92. The number of imidazole rings is 1. The van der Waals surface area contributed by atoms with Gasteiger partial charge in [-0.05, 0) is 18.2 Å². The molecule has 2 rings (SSSR count). The Morgan fingerprint density at radius 2 is 2.21 bits per heavy atom. The molecule has 0 saturated carbocycles. The van der Waals surface area contributed by atoms with E-state index in [0.29, 0.717) is 5.75 Å². The van der Waals surface area contributed by atoms with Gasteiger partial charge in [-0.3, -0.25) is 0 Å². The fourth-order valence-corrected chi connectivity index (χ4v) is 2.52. The molecule has 2 aromatic rings. The molecule has 0 fully saturated rings. The van der Waals surface area contributed by atoms with Crippen molar-refractivity contribution >= 4 is 11.8 Å². The van der Waals surface area contributed by atoms with E-state index in [1.54, 1.807) is 38.4 Å². The largest absolute Gasteiger partial charge is 0.497 e. The van der Waals surface area contributed by atoms with Crippen molar-refractivity contribution in [3.05, 3.63) is 36.2 Å². The van der Waals surface area contributed by atoms with Crippen molar-refractivity contribution in [2.24, 2.45) is 5.73 Å². The number of benzene rings is 1. The van der Waals surface area contributed by atoms with Crippen molar-refractivity contribution in [1.82, 2.24) is 9.97 Å². The maximum atomic E-state index is 6.21. The molecule has 1 atom stereocenters. The first-order chi connectivity index (χ1) is 9.24. The number of aromatic nitrogens is 2. The van der Waals surface area contributed by atoms with Crippen LogP contribution < -0.4 is 15.2 Å². The molecule has 0 aliphatic heterocycles. The average molecular weight is 279 g/mol. The normalized spacial score (nSPS) is 12.2. The van der Waals surface area contributed by atoms with Gasteiger partial charge in [0.15, 0.2) is 5.16 Å². The van der Waals surface area contributed by atoms with Gasteiger partial charge in [0.25, 0.3) is 0 Å². The van der Waals surface area contributed by atoms with Crippen LogP contribution in [0.15, 0.2) is 35.7 Å². The minimum absolute atomic E-state index is 0.153. The van der Waals surface area contributed by atoms with E-state index >= 15 is 0 Å². The highest BCUT2D eigenvalue weighted by molar-refractivity contribution is 7.99. The van der Waals surface area contributed by atoms with Crippen molar-refractivity contribution in [2.45, 2.75) is 11.2 Å². The lowest BCUT2D eigenvalue weighted by molar-refractivity contribution is 0.396. The van der Waals surface area contributed by atoms with Gasteiger partial charge in [-0.2, -0.15) is 0 Å². The van der Waals surface area contributed by atoms with Crippen molar-refractivity contribution < 1.29 is 9.47 Å². The van der Waals surface area contributed by atoms with E-state index in [0.717, 1.165) is 22.2 Å². The van der Waals surface area contributed by atoms with Crippen molar-refractivity contribution in [3.8, 4) is 11.5 Å². The van der Waals surface area contributed by atoms with Crippen molar-refractivity contribution in [3.63, 3.8) is 0 Å². The van der Waals surface area contributed by atoms with Crippen LogP contribution in [0.2, 0.25) is 0 Å². The zero-order valence-electron chi connectivity index (χ0n) is 10.9. The van der Waals surface area contributed by atoms with Gasteiger partial charge in [-0.15, -0.1) is 0 Å². The molecular weight excluding hydrogens is 262 g/mol. The molecule has 1 unspecified atom stereocenters. The minimum Gasteiger partial charge on any atom is -0.497 e. The lowest BCUT2D eigenvalue weighted by Crippen LogP contribution is -2.14. The third-order valence-corrected chi connectivity index (χ3v) is 3.73. The SMILES string of the molecule is COc1ccc(OC)c(C(N)CSc2ncc[nH]2)c1. The summed E-state index contributed by atoms with van der Waals surface area (Å²) in [6, 6.07) is 5.48. The zero-order valence-corrected chi connectivity index (χ0v) is 11.7. The maximum Gasteiger partial charge on any atom is 0.165 e. The number of rotatable bonds is 6. The highest BCUT2D eigenvalue weighted by Crippen LogP contribution is 2.30. The number of nitrogens with two attached hydrogens (primary N) is 1. The van der Waals surface area contributed by atoms with Crippen LogP contribution in [0.3, 0.4) is 0 Å². The first-order valence-electron chi connectivity index (χ1n) is 5.84. The van der Waals surface area contributed by atoms with Gasteiger partial charge >= 0.3 is 0 Å². The van der Waals surface area contributed by atoms with Crippen LogP contribution in [0.1, 0.15) is 11.6 Å². The Labute approximate surface area is 116 Å². The average Bonchev–Trinajstić information content (AvgIpc) is 2.97. The third-order valence-electron chi connectivity index (χ3n) is 2.71. The maximum absolute atomic E-state index is 6.21. The first kappa shape index (κ1) is 13.8. The molecule has 1 aromatic heterocycles. The summed E-state index contributed by atoms with van der Waals surface area (Å²) in [7, 11) is 3.27. The Kier molecular flexibility index (Phi) is 4.70. The third kappa shape index (κ3) is 3.42. The molecule has 0 saturated heterocycles. The summed E-state index contributed by atoms with van der Waals surface area (Å²) in [6.07, 6.45) is 3.51. The van der Waals surface area contributed by atoms with E-state index in [1.807, 2.05) is 18.2 Å². The lowest BCUT2D eigenvalue weighted by Gasteiger charge is -2.16.